The van der Waals surface area contributed by atoms with E-state index in [1.165, 1.54) is 25.3 Å². The highest BCUT2D eigenvalue weighted by Gasteiger charge is 2.28. The summed E-state index contributed by atoms with van der Waals surface area (Å²) >= 11 is 5.99. The minimum atomic E-state index is -4.11. The number of nitrogens with one attached hydrogen (secondary N) is 2. The van der Waals surface area contributed by atoms with Gasteiger partial charge in [-0.1, -0.05) is 48.0 Å². The molecule has 9 heteroatoms. The quantitative estimate of drug-likeness (QED) is 0.512. The molecule has 7 nitrogen and oxygen atoms in total. The van der Waals surface area contributed by atoms with Crippen LogP contribution in [-0.4, -0.2) is 32.5 Å². The molecule has 0 fully saturated rings. The number of benzene rings is 2. The molecule has 1 atom stereocenters. The maximum Gasteiger partial charge on any atom is 0.245 e. The summed E-state index contributed by atoms with van der Waals surface area (Å²) in [6, 6.07) is 17.7. The molecule has 0 aliphatic heterocycles. The standard InChI is InChI=1S/C22H22ClN3O4S/c1-30-20-11-10-17(23)14-21(20)31(28,29)26-19(13-16-7-3-2-4-8-16)22(27)25-15-18-9-5-6-12-24-18/h2-12,14,19,26H,13,15H2,1H3,(H,25,27)/t19-/m1/s1. The van der Waals surface area contributed by atoms with Crippen LogP contribution in [0.4, 0.5) is 0 Å². The van der Waals surface area contributed by atoms with Crippen LogP contribution < -0.4 is 14.8 Å². The summed E-state index contributed by atoms with van der Waals surface area (Å²) in [5, 5.41) is 2.98. The first-order valence-electron chi connectivity index (χ1n) is 9.46. The van der Waals surface area contributed by atoms with Crippen molar-refractivity contribution in [1.82, 2.24) is 15.0 Å². The fraction of sp³-hybridized carbons (Fsp3) is 0.182. The molecule has 0 aliphatic carbocycles. The summed E-state index contributed by atoms with van der Waals surface area (Å²) < 4.78 is 33.9. The maximum atomic E-state index is 13.1. The van der Waals surface area contributed by atoms with Gasteiger partial charge >= 0.3 is 0 Å². The smallest absolute Gasteiger partial charge is 0.245 e. The number of rotatable bonds is 9. The summed E-state index contributed by atoms with van der Waals surface area (Å²) in [6.45, 7) is 0.174. The lowest BCUT2D eigenvalue weighted by atomic mass is 10.1. The summed E-state index contributed by atoms with van der Waals surface area (Å²) in [5.41, 5.74) is 1.47. The summed E-state index contributed by atoms with van der Waals surface area (Å²) in [4.78, 5) is 17.0. The van der Waals surface area contributed by atoms with Crippen molar-refractivity contribution in [1.29, 1.82) is 0 Å². The van der Waals surface area contributed by atoms with Gasteiger partial charge in [-0.15, -0.1) is 0 Å². The van der Waals surface area contributed by atoms with Crippen molar-refractivity contribution in [3.63, 3.8) is 0 Å². The van der Waals surface area contributed by atoms with Crippen molar-refractivity contribution in [2.24, 2.45) is 0 Å². The van der Waals surface area contributed by atoms with Crippen molar-refractivity contribution in [3.05, 3.63) is 89.2 Å². The van der Waals surface area contributed by atoms with Gasteiger partial charge in [0.2, 0.25) is 15.9 Å². The van der Waals surface area contributed by atoms with Crippen molar-refractivity contribution in [3.8, 4) is 5.75 Å². The maximum absolute atomic E-state index is 13.1. The fourth-order valence-corrected chi connectivity index (χ4v) is 4.58. The Morgan fingerprint density at radius 3 is 2.52 bits per heavy atom. The number of methoxy groups -OCH3 is 1. The number of amides is 1. The largest absolute Gasteiger partial charge is 0.495 e. The third kappa shape index (κ3) is 6.27. The van der Waals surface area contributed by atoms with Gasteiger partial charge in [-0.25, -0.2) is 8.42 Å². The zero-order valence-electron chi connectivity index (χ0n) is 16.8. The van der Waals surface area contributed by atoms with E-state index in [9.17, 15) is 13.2 Å². The molecule has 2 aromatic carbocycles. The Kier molecular flexibility index (Phi) is 7.62. The van der Waals surface area contributed by atoms with E-state index in [4.69, 9.17) is 16.3 Å². The van der Waals surface area contributed by atoms with Crippen LogP contribution in [0.15, 0.2) is 77.8 Å². The minimum Gasteiger partial charge on any atom is -0.495 e. The molecular formula is C22H22ClN3O4S. The Morgan fingerprint density at radius 2 is 1.84 bits per heavy atom. The lowest BCUT2D eigenvalue weighted by Gasteiger charge is -2.19. The average molecular weight is 460 g/mol. The number of carbonyl (C=O) groups is 1. The lowest BCUT2D eigenvalue weighted by Crippen LogP contribution is -2.47. The fourth-order valence-electron chi connectivity index (χ4n) is 2.95. The van der Waals surface area contributed by atoms with Crippen LogP contribution in [0.5, 0.6) is 5.75 Å². The third-order valence-corrected chi connectivity index (χ3v) is 6.21. The number of nitrogens with zero attached hydrogens (tertiary/aromatic N) is 1. The van der Waals surface area contributed by atoms with E-state index >= 15 is 0 Å². The molecule has 162 valence electrons. The predicted molar refractivity (Wildman–Crippen MR) is 118 cm³/mol. The first-order chi connectivity index (χ1) is 14.9. The van der Waals surface area contributed by atoms with Crippen molar-refractivity contribution in [2.75, 3.05) is 7.11 Å². The Morgan fingerprint density at radius 1 is 1.10 bits per heavy atom. The highest BCUT2D eigenvalue weighted by Crippen LogP contribution is 2.27. The van der Waals surface area contributed by atoms with Crippen LogP contribution >= 0.6 is 11.6 Å². The summed E-state index contributed by atoms with van der Waals surface area (Å²) in [5.74, 6) is -0.344. The molecule has 0 bridgehead atoms. The highest BCUT2D eigenvalue weighted by atomic mass is 35.5. The van der Waals surface area contributed by atoms with Crippen molar-refractivity contribution >= 4 is 27.5 Å². The van der Waals surface area contributed by atoms with Gasteiger partial charge in [0, 0.05) is 11.2 Å². The van der Waals surface area contributed by atoms with Gasteiger partial charge in [0.15, 0.2) is 0 Å². The number of carbonyl (C=O) groups excluding carboxylic acids is 1. The van der Waals surface area contributed by atoms with Gasteiger partial charge in [-0.2, -0.15) is 4.72 Å². The van der Waals surface area contributed by atoms with Crippen LogP contribution in [0.2, 0.25) is 5.02 Å². The van der Waals surface area contributed by atoms with E-state index in [1.807, 2.05) is 36.4 Å². The van der Waals surface area contributed by atoms with E-state index in [2.05, 4.69) is 15.0 Å². The van der Waals surface area contributed by atoms with Gasteiger partial charge < -0.3 is 10.1 Å². The molecular weight excluding hydrogens is 438 g/mol. The first-order valence-corrected chi connectivity index (χ1v) is 11.3. The molecule has 1 aromatic heterocycles. The van der Waals surface area contributed by atoms with Gasteiger partial charge in [-0.3, -0.25) is 9.78 Å². The van der Waals surface area contributed by atoms with E-state index in [0.29, 0.717) is 5.69 Å². The normalized spacial score (nSPS) is 12.2. The molecule has 3 rings (SSSR count). The summed E-state index contributed by atoms with van der Waals surface area (Å²) in [7, 11) is -2.74. The average Bonchev–Trinajstić information content (AvgIpc) is 2.78. The summed E-state index contributed by atoms with van der Waals surface area (Å²) in [6.07, 6.45) is 1.79. The van der Waals surface area contributed by atoms with Crippen molar-refractivity contribution in [2.45, 2.75) is 23.9 Å². The topological polar surface area (TPSA) is 97.4 Å². The Balaban J connectivity index is 1.85. The van der Waals surface area contributed by atoms with Gasteiger partial charge in [0.1, 0.15) is 16.7 Å². The first kappa shape index (κ1) is 22.7. The van der Waals surface area contributed by atoms with Crippen LogP contribution in [0.25, 0.3) is 0 Å². The monoisotopic (exact) mass is 459 g/mol. The second-order valence-corrected chi connectivity index (χ2v) is 8.82. The molecule has 3 aromatic rings. The molecule has 31 heavy (non-hydrogen) atoms. The molecule has 0 saturated carbocycles. The number of ether oxygens (including phenoxy) is 1. The van der Waals surface area contributed by atoms with Gasteiger partial charge in [0.05, 0.1) is 19.3 Å². The number of aromatic nitrogens is 1. The number of hydrogen-bond donors (Lipinski definition) is 2. The van der Waals surface area contributed by atoms with Gasteiger partial charge in [0.25, 0.3) is 0 Å². The highest BCUT2D eigenvalue weighted by molar-refractivity contribution is 7.89. The Bertz CT molecular complexity index is 1130. The SMILES string of the molecule is COc1ccc(Cl)cc1S(=O)(=O)N[C@H](Cc1ccccc1)C(=O)NCc1ccccn1. The Hall–Kier alpha value is -2.94. The van der Waals surface area contributed by atoms with Crippen LogP contribution in [0.3, 0.4) is 0 Å². The number of halogens is 1. The van der Waals surface area contributed by atoms with E-state index in [0.717, 1.165) is 5.56 Å². The third-order valence-electron chi connectivity index (χ3n) is 4.48. The van der Waals surface area contributed by atoms with Gasteiger partial charge in [-0.05, 0) is 42.3 Å². The Labute approximate surface area is 186 Å². The lowest BCUT2D eigenvalue weighted by molar-refractivity contribution is -0.122. The van der Waals surface area contributed by atoms with Crippen LogP contribution in [-0.2, 0) is 27.8 Å². The van der Waals surface area contributed by atoms with Crippen LogP contribution in [0.1, 0.15) is 11.3 Å². The molecule has 0 saturated heterocycles. The van der Waals surface area contributed by atoms with E-state index < -0.39 is 22.0 Å². The number of sulfonamides is 1. The molecule has 1 heterocycles. The van der Waals surface area contributed by atoms with E-state index in [1.54, 1.807) is 18.3 Å². The molecule has 0 spiro atoms. The molecule has 0 unspecified atom stereocenters. The number of pyridine rings is 1. The second-order valence-electron chi connectivity index (χ2n) is 6.70. The van der Waals surface area contributed by atoms with E-state index in [-0.39, 0.29) is 28.6 Å². The van der Waals surface area contributed by atoms with Crippen molar-refractivity contribution < 1.29 is 17.9 Å². The molecule has 0 aliphatic rings. The molecule has 0 radical (unpaired) electrons. The molecule has 1 amide bonds. The number of hydrogen-bond acceptors (Lipinski definition) is 5. The second kappa shape index (κ2) is 10.4. The minimum absolute atomic E-state index is 0.129. The van der Waals surface area contributed by atoms with Crippen LogP contribution in [0, 0.1) is 0 Å². The predicted octanol–water partition coefficient (Wildman–Crippen LogP) is 2.95. The molecule has 2 N–H and O–H groups in total. The zero-order chi connectivity index (χ0) is 22.3. The zero-order valence-corrected chi connectivity index (χ0v) is 18.4.